The summed E-state index contributed by atoms with van der Waals surface area (Å²) in [5.74, 6) is -0.0523. The maximum atomic E-state index is 12.4. The highest BCUT2D eigenvalue weighted by molar-refractivity contribution is 5.97. The second-order valence-electron chi connectivity index (χ2n) is 7.35. The number of carbonyl (C=O) groups is 2. The van der Waals surface area contributed by atoms with Crippen molar-refractivity contribution < 1.29 is 14.3 Å². The van der Waals surface area contributed by atoms with Gasteiger partial charge in [-0.15, -0.1) is 0 Å². The predicted molar refractivity (Wildman–Crippen MR) is 116 cm³/mol. The number of para-hydroxylation sites is 1. The van der Waals surface area contributed by atoms with Gasteiger partial charge in [-0.2, -0.15) is 15.0 Å². The minimum Gasteiger partial charge on any atom is -0.457 e. The molecule has 3 N–H and O–H groups in total. The maximum absolute atomic E-state index is 12.4. The number of fused-ring (bicyclic) bond motifs is 1. The number of nitrogens with zero attached hydrogens (tertiary/aromatic N) is 3. The van der Waals surface area contributed by atoms with Crippen LogP contribution in [0.5, 0.6) is 0 Å². The van der Waals surface area contributed by atoms with E-state index < -0.39 is 5.97 Å². The maximum Gasteiger partial charge on any atom is 0.306 e. The molecule has 1 aliphatic carbocycles. The molecular weight excluding hydrogens is 394 g/mol. The van der Waals surface area contributed by atoms with E-state index in [9.17, 15) is 9.59 Å². The number of esters is 1. The number of ether oxygens (including phenoxy) is 1. The van der Waals surface area contributed by atoms with Gasteiger partial charge in [0.05, 0.1) is 6.42 Å². The van der Waals surface area contributed by atoms with E-state index in [4.69, 9.17) is 10.5 Å². The Labute approximate surface area is 179 Å². The molecule has 0 unspecified atom stereocenters. The number of Topliss-reactive ketones (excluding diaryl/α,β-unsaturated/α-hetero) is 1. The van der Waals surface area contributed by atoms with Gasteiger partial charge < -0.3 is 15.8 Å². The number of anilines is 3. The van der Waals surface area contributed by atoms with Gasteiger partial charge in [-0.25, -0.2) is 0 Å². The van der Waals surface area contributed by atoms with Gasteiger partial charge in [0.1, 0.15) is 0 Å². The van der Waals surface area contributed by atoms with Crippen molar-refractivity contribution in [2.24, 2.45) is 0 Å². The molecule has 1 heterocycles. The largest absolute Gasteiger partial charge is 0.457 e. The molecule has 0 bridgehead atoms. The number of nitrogens with two attached hydrogens (primary N) is 1. The zero-order valence-electron chi connectivity index (χ0n) is 17.0. The Bertz CT molecular complexity index is 1100. The van der Waals surface area contributed by atoms with E-state index in [1.54, 1.807) is 0 Å². The smallest absolute Gasteiger partial charge is 0.306 e. The van der Waals surface area contributed by atoms with E-state index in [-0.39, 0.29) is 43.0 Å². The standard InChI is InChI=1S/C23H23N5O3/c24-22-26-20(27-23(28-22)25-18-7-2-1-3-8-18)14-31-21(30)12-11-19(29)17-10-9-15-5-4-6-16(15)13-17/h1-3,7-10,13H,4-6,11-12,14H2,(H3,24,25,26,27,28). The molecule has 0 saturated carbocycles. The van der Waals surface area contributed by atoms with Crippen LogP contribution in [0.3, 0.4) is 0 Å². The van der Waals surface area contributed by atoms with Gasteiger partial charge in [-0.3, -0.25) is 9.59 Å². The van der Waals surface area contributed by atoms with Crippen molar-refractivity contribution in [3.63, 3.8) is 0 Å². The Morgan fingerprint density at radius 3 is 2.61 bits per heavy atom. The quantitative estimate of drug-likeness (QED) is 0.423. The molecule has 2 aromatic carbocycles. The molecule has 31 heavy (non-hydrogen) atoms. The highest BCUT2D eigenvalue weighted by Gasteiger charge is 2.16. The van der Waals surface area contributed by atoms with Crippen LogP contribution in [0.2, 0.25) is 0 Å². The molecule has 0 spiro atoms. The van der Waals surface area contributed by atoms with Crippen LogP contribution in [0, 0.1) is 0 Å². The normalized spacial score (nSPS) is 12.3. The number of nitrogen functional groups attached to an aromatic ring is 1. The fourth-order valence-electron chi connectivity index (χ4n) is 3.53. The monoisotopic (exact) mass is 417 g/mol. The lowest BCUT2D eigenvalue weighted by molar-refractivity contribution is -0.145. The summed E-state index contributed by atoms with van der Waals surface area (Å²) in [6, 6.07) is 15.2. The first-order chi connectivity index (χ1) is 15.1. The van der Waals surface area contributed by atoms with E-state index in [1.165, 1.54) is 11.1 Å². The molecule has 1 aromatic heterocycles. The number of ketones is 1. The molecule has 1 aliphatic rings. The van der Waals surface area contributed by atoms with Gasteiger partial charge in [0.25, 0.3) is 0 Å². The van der Waals surface area contributed by atoms with E-state index in [0.717, 1.165) is 24.9 Å². The van der Waals surface area contributed by atoms with Crippen LogP contribution >= 0.6 is 0 Å². The fourth-order valence-corrected chi connectivity index (χ4v) is 3.53. The second-order valence-corrected chi connectivity index (χ2v) is 7.35. The van der Waals surface area contributed by atoms with Crippen LogP contribution in [-0.4, -0.2) is 26.7 Å². The molecule has 0 amide bonds. The Kier molecular flexibility index (Phi) is 6.16. The molecule has 3 aromatic rings. The Balaban J connectivity index is 1.29. The molecule has 8 nitrogen and oxygen atoms in total. The van der Waals surface area contributed by atoms with Gasteiger partial charge in [-0.05, 0) is 48.6 Å². The lowest BCUT2D eigenvalue weighted by Gasteiger charge is -2.08. The van der Waals surface area contributed by atoms with E-state index >= 15 is 0 Å². The molecule has 4 rings (SSSR count). The predicted octanol–water partition coefficient (Wildman–Crippen LogP) is 3.39. The molecular formula is C23H23N5O3. The van der Waals surface area contributed by atoms with Gasteiger partial charge in [0.15, 0.2) is 18.2 Å². The SMILES string of the molecule is Nc1nc(COC(=O)CCC(=O)c2ccc3c(c2)CCC3)nc(Nc2ccccc2)n1. The lowest BCUT2D eigenvalue weighted by Crippen LogP contribution is -2.12. The zero-order valence-corrected chi connectivity index (χ0v) is 17.0. The molecule has 0 radical (unpaired) electrons. The highest BCUT2D eigenvalue weighted by Crippen LogP contribution is 2.23. The van der Waals surface area contributed by atoms with E-state index in [1.807, 2.05) is 48.5 Å². The van der Waals surface area contributed by atoms with Crippen LogP contribution in [0.1, 0.15) is 46.6 Å². The summed E-state index contributed by atoms with van der Waals surface area (Å²) in [6.07, 6.45) is 3.29. The number of nitrogens with one attached hydrogen (secondary N) is 1. The lowest BCUT2D eigenvalue weighted by atomic mass is 10.0. The summed E-state index contributed by atoms with van der Waals surface area (Å²) < 4.78 is 5.22. The van der Waals surface area contributed by atoms with Crippen LogP contribution in [0.4, 0.5) is 17.6 Å². The van der Waals surface area contributed by atoms with Crippen molar-refractivity contribution in [1.29, 1.82) is 0 Å². The zero-order chi connectivity index (χ0) is 21.6. The molecule has 0 aliphatic heterocycles. The summed E-state index contributed by atoms with van der Waals surface area (Å²) in [6.45, 7) is -0.151. The first-order valence-corrected chi connectivity index (χ1v) is 10.2. The van der Waals surface area contributed by atoms with E-state index in [2.05, 4.69) is 20.3 Å². The third-order valence-corrected chi connectivity index (χ3v) is 5.07. The number of hydrogen-bond donors (Lipinski definition) is 2. The van der Waals surface area contributed by atoms with Gasteiger partial charge in [0, 0.05) is 17.7 Å². The summed E-state index contributed by atoms with van der Waals surface area (Å²) in [4.78, 5) is 36.8. The molecule has 0 fully saturated rings. The third kappa shape index (κ3) is 5.42. The van der Waals surface area contributed by atoms with Crippen LogP contribution in [0.15, 0.2) is 48.5 Å². The van der Waals surface area contributed by atoms with Crippen LogP contribution in [0.25, 0.3) is 0 Å². The average Bonchev–Trinajstić information content (AvgIpc) is 3.24. The minimum atomic E-state index is -0.494. The number of rotatable bonds is 8. The van der Waals surface area contributed by atoms with Gasteiger partial charge in [0.2, 0.25) is 11.9 Å². The van der Waals surface area contributed by atoms with Crippen molar-refractivity contribution in [2.75, 3.05) is 11.1 Å². The minimum absolute atomic E-state index is 0.00833. The Hall–Kier alpha value is -3.81. The first kappa shape index (κ1) is 20.5. The molecule has 158 valence electrons. The number of hydrogen-bond acceptors (Lipinski definition) is 8. The van der Waals surface area contributed by atoms with Crippen molar-refractivity contribution in [2.45, 2.75) is 38.7 Å². The second kappa shape index (κ2) is 9.34. The van der Waals surface area contributed by atoms with Crippen LogP contribution in [-0.2, 0) is 29.0 Å². The fraction of sp³-hybridized carbons (Fsp3) is 0.261. The summed E-state index contributed by atoms with van der Waals surface area (Å²) >= 11 is 0. The molecule has 8 heteroatoms. The van der Waals surface area contributed by atoms with E-state index in [0.29, 0.717) is 5.56 Å². The Morgan fingerprint density at radius 1 is 0.968 bits per heavy atom. The number of aryl methyl sites for hydroxylation is 2. The summed E-state index contributed by atoms with van der Waals surface area (Å²) in [5.41, 5.74) is 9.73. The van der Waals surface area contributed by atoms with Crippen LogP contribution < -0.4 is 11.1 Å². The number of aromatic nitrogens is 3. The number of carbonyl (C=O) groups excluding carboxylic acids is 2. The van der Waals surface area contributed by atoms with Gasteiger partial charge in [-0.1, -0.05) is 30.3 Å². The highest BCUT2D eigenvalue weighted by atomic mass is 16.5. The van der Waals surface area contributed by atoms with Crippen molar-refractivity contribution in [3.05, 3.63) is 71.0 Å². The summed E-state index contributed by atoms with van der Waals surface area (Å²) in [5, 5.41) is 3.02. The molecule has 0 atom stereocenters. The number of benzene rings is 2. The van der Waals surface area contributed by atoms with Gasteiger partial charge >= 0.3 is 5.97 Å². The van der Waals surface area contributed by atoms with Crippen molar-refractivity contribution in [3.8, 4) is 0 Å². The molecule has 0 saturated heterocycles. The van der Waals surface area contributed by atoms with Crippen molar-refractivity contribution in [1.82, 2.24) is 15.0 Å². The Morgan fingerprint density at radius 2 is 1.77 bits per heavy atom. The average molecular weight is 417 g/mol. The topological polar surface area (TPSA) is 120 Å². The summed E-state index contributed by atoms with van der Waals surface area (Å²) in [7, 11) is 0. The third-order valence-electron chi connectivity index (χ3n) is 5.07. The van der Waals surface area contributed by atoms with Crippen molar-refractivity contribution >= 4 is 29.3 Å². The first-order valence-electron chi connectivity index (χ1n) is 10.2.